The van der Waals surface area contributed by atoms with Crippen LogP contribution in [0, 0.1) is 0 Å². The topological polar surface area (TPSA) is 102 Å². The van der Waals surface area contributed by atoms with E-state index in [2.05, 4.69) is 15.5 Å². The highest BCUT2D eigenvalue weighted by Gasteiger charge is 2.41. The molecule has 3 heterocycles. The molecule has 3 saturated heterocycles. The first kappa shape index (κ1) is 26.1. The van der Waals surface area contributed by atoms with Crippen molar-refractivity contribution in [3.8, 4) is 0 Å². The summed E-state index contributed by atoms with van der Waals surface area (Å²) in [4.78, 5) is 14.3. The van der Waals surface area contributed by atoms with Crippen LogP contribution in [0.15, 0.2) is 48.5 Å². The maximum atomic E-state index is 11.9. The summed E-state index contributed by atoms with van der Waals surface area (Å²) in [5, 5.41) is 15.0. The van der Waals surface area contributed by atoms with Crippen LogP contribution in [0.25, 0.3) is 0 Å². The minimum absolute atomic E-state index is 0.0146. The Morgan fingerprint density at radius 2 is 1.68 bits per heavy atom. The molecule has 3 aliphatic rings. The van der Waals surface area contributed by atoms with Gasteiger partial charge < -0.3 is 39.6 Å². The van der Waals surface area contributed by atoms with Crippen LogP contribution in [0.1, 0.15) is 55.3 Å². The minimum Gasteiger partial charge on any atom is -0.392 e. The highest BCUT2D eigenvalue weighted by atomic mass is 16.7. The number of anilines is 1. The van der Waals surface area contributed by atoms with E-state index in [1.54, 1.807) is 0 Å². The van der Waals surface area contributed by atoms with Crippen LogP contribution in [-0.4, -0.2) is 67.3 Å². The average Bonchev–Trinajstić information content (AvgIpc) is 3.38. The van der Waals surface area contributed by atoms with Gasteiger partial charge in [0.25, 0.3) is 0 Å². The molecule has 9 nitrogen and oxygen atoms in total. The van der Waals surface area contributed by atoms with Crippen LogP contribution in [0.4, 0.5) is 10.5 Å². The molecular formula is C28H37N3O6. The van der Waals surface area contributed by atoms with Crippen molar-refractivity contribution in [2.75, 3.05) is 44.7 Å². The summed E-state index contributed by atoms with van der Waals surface area (Å²) < 4.78 is 24.7. The maximum Gasteiger partial charge on any atom is 0.319 e. The van der Waals surface area contributed by atoms with E-state index in [1.807, 2.05) is 55.5 Å². The number of carbonyl (C=O) groups is 1. The Morgan fingerprint density at radius 1 is 1.00 bits per heavy atom. The molecule has 3 atom stereocenters. The zero-order valence-corrected chi connectivity index (χ0v) is 21.4. The number of aliphatic hydroxyl groups excluding tert-OH is 1. The van der Waals surface area contributed by atoms with Gasteiger partial charge in [-0.15, -0.1) is 0 Å². The summed E-state index contributed by atoms with van der Waals surface area (Å²) in [5.41, 5.74) is 3.54. The first-order valence-electron chi connectivity index (χ1n) is 13.2. The van der Waals surface area contributed by atoms with Gasteiger partial charge in [0.05, 0.1) is 32.0 Å². The van der Waals surface area contributed by atoms with E-state index in [9.17, 15) is 9.90 Å². The van der Waals surface area contributed by atoms with Crippen molar-refractivity contribution in [1.29, 1.82) is 0 Å². The van der Waals surface area contributed by atoms with Gasteiger partial charge in [-0.1, -0.05) is 36.4 Å². The summed E-state index contributed by atoms with van der Waals surface area (Å²) in [5.74, 6) is -0.392. The van der Waals surface area contributed by atoms with Gasteiger partial charge >= 0.3 is 6.03 Å². The molecule has 1 spiro atoms. The van der Waals surface area contributed by atoms with E-state index in [0.717, 1.165) is 55.6 Å². The highest BCUT2D eigenvalue weighted by Crippen LogP contribution is 2.39. The molecule has 2 aromatic carbocycles. The number of ether oxygens (including phenoxy) is 4. The Bertz CT molecular complexity index is 1020. The van der Waals surface area contributed by atoms with Crippen LogP contribution in [0.2, 0.25) is 0 Å². The number of rotatable bonds is 7. The molecule has 0 aliphatic carbocycles. The fourth-order valence-electron chi connectivity index (χ4n) is 5.24. The Hall–Kier alpha value is -2.53. The SMILES string of the molecule is CCNC(=O)Nc1ccc([C@H]2O[C@@H](CN3CCC4(CC3)OCCO4)C[C@@H](c3ccc(CO)cc3)O2)cc1. The predicted octanol–water partition coefficient (Wildman–Crippen LogP) is 3.70. The third kappa shape index (κ3) is 6.49. The van der Waals surface area contributed by atoms with Crippen molar-refractivity contribution in [2.45, 2.75) is 57.1 Å². The van der Waals surface area contributed by atoms with Crippen LogP contribution in [0.3, 0.4) is 0 Å². The lowest BCUT2D eigenvalue weighted by atomic mass is 9.98. The van der Waals surface area contributed by atoms with Crippen LogP contribution in [0.5, 0.6) is 0 Å². The normalized spacial score (nSPS) is 25.7. The molecule has 2 amide bonds. The van der Waals surface area contributed by atoms with Gasteiger partial charge in [0.15, 0.2) is 12.1 Å². The minimum atomic E-state index is -0.530. The largest absolute Gasteiger partial charge is 0.392 e. The summed E-state index contributed by atoms with van der Waals surface area (Å²) in [6.07, 6.45) is 1.78. The number of amides is 2. The summed E-state index contributed by atoms with van der Waals surface area (Å²) in [7, 11) is 0. The molecule has 2 aromatic rings. The zero-order valence-electron chi connectivity index (χ0n) is 21.4. The fourth-order valence-corrected chi connectivity index (χ4v) is 5.24. The number of benzene rings is 2. The third-order valence-electron chi connectivity index (χ3n) is 7.29. The molecule has 9 heteroatoms. The van der Waals surface area contributed by atoms with E-state index in [4.69, 9.17) is 18.9 Å². The number of nitrogens with zero attached hydrogens (tertiary/aromatic N) is 1. The van der Waals surface area contributed by atoms with Crippen molar-refractivity contribution in [3.63, 3.8) is 0 Å². The molecular weight excluding hydrogens is 474 g/mol. The molecule has 5 rings (SSSR count). The number of aliphatic hydroxyl groups is 1. The van der Waals surface area contributed by atoms with E-state index < -0.39 is 12.1 Å². The third-order valence-corrected chi connectivity index (χ3v) is 7.29. The van der Waals surface area contributed by atoms with Crippen LogP contribution >= 0.6 is 0 Å². The quantitative estimate of drug-likeness (QED) is 0.521. The summed E-state index contributed by atoms with van der Waals surface area (Å²) in [6.45, 7) is 6.43. The lowest BCUT2D eigenvalue weighted by Gasteiger charge is -2.41. The fraction of sp³-hybridized carbons (Fsp3) is 0.536. The van der Waals surface area contributed by atoms with Gasteiger partial charge in [-0.25, -0.2) is 4.79 Å². The smallest absolute Gasteiger partial charge is 0.319 e. The van der Waals surface area contributed by atoms with E-state index >= 15 is 0 Å². The second-order valence-electron chi connectivity index (χ2n) is 9.86. The number of hydrogen-bond donors (Lipinski definition) is 3. The van der Waals surface area contributed by atoms with Crippen molar-refractivity contribution in [1.82, 2.24) is 10.2 Å². The van der Waals surface area contributed by atoms with Crippen molar-refractivity contribution in [2.24, 2.45) is 0 Å². The molecule has 0 aromatic heterocycles. The lowest BCUT2D eigenvalue weighted by Crippen LogP contribution is -2.48. The van der Waals surface area contributed by atoms with E-state index in [-0.39, 0.29) is 24.8 Å². The second kappa shape index (κ2) is 11.9. The molecule has 3 fully saturated rings. The molecule has 3 N–H and O–H groups in total. The first-order valence-corrected chi connectivity index (χ1v) is 13.2. The van der Waals surface area contributed by atoms with Gasteiger partial charge in [-0.05, 0) is 30.2 Å². The maximum absolute atomic E-state index is 11.9. The van der Waals surface area contributed by atoms with Crippen molar-refractivity contribution >= 4 is 11.7 Å². The monoisotopic (exact) mass is 511 g/mol. The van der Waals surface area contributed by atoms with Gasteiger partial charge in [-0.2, -0.15) is 0 Å². The number of carbonyl (C=O) groups excluding carboxylic acids is 1. The number of hydrogen-bond acceptors (Lipinski definition) is 7. The Morgan fingerprint density at radius 3 is 2.32 bits per heavy atom. The standard InChI is InChI=1S/C28H37N3O6/c1-2-29-27(33)30-23-9-7-22(8-10-23)26-36-24(17-25(37-26)21-5-3-20(19-32)4-6-21)18-31-13-11-28(12-14-31)34-15-16-35-28/h3-10,24-26,32H,2,11-19H2,1H3,(H2,29,30,33)/t24-,25+,26+/m1/s1. The first-order chi connectivity index (χ1) is 18.1. The number of urea groups is 1. The van der Waals surface area contributed by atoms with E-state index in [0.29, 0.717) is 25.4 Å². The Labute approximate surface area is 218 Å². The summed E-state index contributed by atoms with van der Waals surface area (Å²) in [6, 6.07) is 15.3. The van der Waals surface area contributed by atoms with Crippen molar-refractivity contribution in [3.05, 3.63) is 65.2 Å². The number of likely N-dealkylation sites (tertiary alicyclic amines) is 1. The van der Waals surface area contributed by atoms with Crippen LogP contribution < -0.4 is 10.6 Å². The van der Waals surface area contributed by atoms with Gasteiger partial charge in [0, 0.05) is 56.7 Å². The molecule has 0 saturated carbocycles. The molecule has 0 bridgehead atoms. The lowest BCUT2D eigenvalue weighted by molar-refractivity contribution is -0.255. The van der Waals surface area contributed by atoms with Gasteiger partial charge in [-0.3, -0.25) is 0 Å². The van der Waals surface area contributed by atoms with Gasteiger partial charge in [0.1, 0.15) is 0 Å². The van der Waals surface area contributed by atoms with Crippen molar-refractivity contribution < 1.29 is 28.8 Å². The van der Waals surface area contributed by atoms with Gasteiger partial charge in [0.2, 0.25) is 0 Å². The Balaban J connectivity index is 1.28. The van der Waals surface area contributed by atoms with E-state index in [1.165, 1.54) is 0 Å². The predicted molar refractivity (Wildman–Crippen MR) is 138 cm³/mol. The number of piperidine rings is 1. The Kier molecular flexibility index (Phi) is 8.39. The molecule has 200 valence electrons. The average molecular weight is 512 g/mol. The number of nitrogens with one attached hydrogen (secondary N) is 2. The zero-order chi connectivity index (χ0) is 25.7. The molecule has 0 radical (unpaired) electrons. The second-order valence-corrected chi connectivity index (χ2v) is 9.86. The molecule has 3 aliphatic heterocycles. The van der Waals surface area contributed by atoms with Crippen LogP contribution in [-0.2, 0) is 25.6 Å². The molecule has 37 heavy (non-hydrogen) atoms. The highest BCUT2D eigenvalue weighted by molar-refractivity contribution is 5.89. The molecule has 0 unspecified atom stereocenters. The summed E-state index contributed by atoms with van der Waals surface area (Å²) >= 11 is 0.